The molecule has 2 aromatic carbocycles. The zero-order chi connectivity index (χ0) is 30.4. The second-order valence-corrected chi connectivity index (χ2v) is 11.5. The highest BCUT2D eigenvalue weighted by molar-refractivity contribution is 5.79. The first-order valence-corrected chi connectivity index (χ1v) is 14.8. The van der Waals surface area contributed by atoms with Crippen LogP contribution >= 0.6 is 0 Å². The van der Waals surface area contributed by atoms with Crippen LogP contribution in [0.2, 0.25) is 0 Å². The van der Waals surface area contributed by atoms with Gasteiger partial charge in [-0.25, -0.2) is 4.98 Å². The number of amides is 1. The third kappa shape index (κ3) is 8.76. The van der Waals surface area contributed by atoms with Crippen molar-refractivity contribution in [3.8, 4) is 5.75 Å². The van der Waals surface area contributed by atoms with E-state index in [1.807, 2.05) is 12.1 Å². The third-order valence-electron chi connectivity index (χ3n) is 8.10. The molecule has 0 aliphatic carbocycles. The van der Waals surface area contributed by atoms with Crippen LogP contribution in [0, 0.1) is 12.8 Å². The van der Waals surface area contributed by atoms with Crippen molar-refractivity contribution in [2.75, 3.05) is 48.8 Å². The molecule has 5 rings (SSSR count). The van der Waals surface area contributed by atoms with E-state index in [2.05, 4.69) is 67.6 Å². The lowest BCUT2D eigenvalue weighted by atomic mass is 9.96. The summed E-state index contributed by atoms with van der Waals surface area (Å²) in [5.74, 6) is 0.178. The number of alkyl halides is 3. The van der Waals surface area contributed by atoms with Crippen LogP contribution in [0.3, 0.4) is 0 Å². The van der Waals surface area contributed by atoms with Crippen LogP contribution in [0.25, 0.3) is 0 Å². The van der Waals surface area contributed by atoms with Crippen molar-refractivity contribution in [3.63, 3.8) is 0 Å². The van der Waals surface area contributed by atoms with Crippen LogP contribution in [0.15, 0.2) is 60.8 Å². The molecule has 2 saturated heterocycles. The van der Waals surface area contributed by atoms with Crippen LogP contribution in [0.4, 0.5) is 36.1 Å². The molecule has 0 unspecified atom stereocenters. The molecular weight excluding hydrogens is 557 g/mol. The number of halogens is 3. The van der Waals surface area contributed by atoms with Gasteiger partial charge in [0.15, 0.2) is 0 Å². The summed E-state index contributed by atoms with van der Waals surface area (Å²) in [5.41, 5.74) is 4.99. The molecule has 3 aromatic rings. The summed E-state index contributed by atoms with van der Waals surface area (Å²) in [6.45, 7) is 5.98. The van der Waals surface area contributed by atoms with Gasteiger partial charge in [-0.15, -0.1) is 13.2 Å². The summed E-state index contributed by atoms with van der Waals surface area (Å²) in [6, 6.07) is 16.3. The molecule has 8 nitrogen and oxygen atoms in total. The third-order valence-corrected chi connectivity index (χ3v) is 8.10. The molecule has 2 aliphatic heterocycles. The van der Waals surface area contributed by atoms with Crippen LogP contribution in [0.1, 0.15) is 36.8 Å². The number of aryl methyl sites for hydroxylation is 1. The number of piperidine rings is 2. The molecule has 0 saturated carbocycles. The summed E-state index contributed by atoms with van der Waals surface area (Å²) in [4.78, 5) is 22.0. The van der Waals surface area contributed by atoms with Gasteiger partial charge in [-0.3, -0.25) is 4.79 Å². The number of anilines is 4. The number of aromatic nitrogens is 1. The minimum absolute atomic E-state index is 0.0721. The van der Waals surface area contributed by atoms with E-state index >= 15 is 0 Å². The predicted molar refractivity (Wildman–Crippen MR) is 163 cm³/mol. The maximum Gasteiger partial charge on any atom is 0.573 e. The first-order valence-electron chi connectivity index (χ1n) is 14.8. The zero-order valence-corrected chi connectivity index (χ0v) is 24.6. The van der Waals surface area contributed by atoms with E-state index in [-0.39, 0.29) is 24.1 Å². The highest BCUT2D eigenvalue weighted by atomic mass is 19.4. The Bertz CT molecular complexity index is 1380. The summed E-state index contributed by atoms with van der Waals surface area (Å²) in [5, 5.41) is 10.1. The fraction of sp³-hybridized carbons (Fsp3) is 0.438. The van der Waals surface area contributed by atoms with Crippen LogP contribution in [-0.2, 0) is 11.3 Å². The molecule has 1 amide bonds. The number of rotatable bonds is 9. The van der Waals surface area contributed by atoms with E-state index in [0.29, 0.717) is 18.2 Å². The lowest BCUT2D eigenvalue weighted by Crippen LogP contribution is -2.43. The van der Waals surface area contributed by atoms with Gasteiger partial charge in [0.25, 0.3) is 0 Å². The number of likely N-dealkylation sites (tertiary alicyclic amines) is 1. The Labute approximate surface area is 250 Å². The molecule has 0 bridgehead atoms. The number of nitrogens with one attached hydrogen (secondary N) is 3. The Kier molecular flexibility index (Phi) is 9.59. The van der Waals surface area contributed by atoms with Crippen molar-refractivity contribution in [2.24, 2.45) is 5.92 Å². The number of ether oxygens (including phenoxy) is 1. The lowest BCUT2D eigenvalue weighted by Gasteiger charge is -2.34. The van der Waals surface area contributed by atoms with Gasteiger partial charge in [-0.2, -0.15) is 0 Å². The van der Waals surface area contributed by atoms with Crippen LogP contribution in [0.5, 0.6) is 5.75 Å². The molecule has 2 fully saturated rings. The molecule has 3 N–H and O–H groups in total. The summed E-state index contributed by atoms with van der Waals surface area (Å²) < 4.78 is 41.1. The standard InChI is InChI=1S/C32H39F3N6O2/c1-22-18-26(7-10-29(22)38-25-12-16-40(2)17-13-25)39-30-19-27(11-14-36-30)41-15-3-4-24(21-41)31(42)37-20-23-5-8-28(9-6-23)43-32(33,34)35/h5-11,14,18-19,24-25,38H,3-4,12-13,15-17,20-21H2,1-2H3,(H,36,39)(H,37,42)/t24-/m1/s1. The molecule has 1 aromatic heterocycles. The Hall–Kier alpha value is -3.99. The van der Waals surface area contributed by atoms with Crippen LogP contribution < -0.4 is 25.6 Å². The second kappa shape index (κ2) is 13.5. The number of hydrogen-bond acceptors (Lipinski definition) is 7. The highest BCUT2D eigenvalue weighted by Gasteiger charge is 2.31. The summed E-state index contributed by atoms with van der Waals surface area (Å²) >= 11 is 0. The summed E-state index contributed by atoms with van der Waals surface area (Å²) in [7, 11) is 2.17. The lowest BCUT2D eigenvalue weighted by molar-refractivity contribution is -0.274. The van der Waals surface area contributed by atoms with Crippen molar-refractivity contribution in [3.05, 3.63) is 71.9 Å². The van der Waals surface area contributed by atoms with Crippen molar-refractivity contribution >= 4 is 28.8 Å². The number of nitrogens with zero attached hydrogens (tertiary/aromatic N) is 3. The van der Waals surface area contributed by atoms with E-state index < -0.39 is 6.36 Å². The Balaban J connectivity index is 1.14. The number of carbonyl (C=O) groups is 1. The Morgan fingerprint density at radius 3 is 2.51 bits per heavy atom. The van der Waals surface area contributed by atoms with Gasteiger partial charge in [0.05, 0.1) is 5.92 Å². The van der Waals surface area contributed by atoms with E-state index in [0.717, 1.165) is 68.2 Å². The first-order chi connectivity index (χ1) is 20.6. The van der Waals surface area contributed by atoms with Crippen LogP contribution in [-0.4, -0.2) is 61.4 Å². The van der Waals surface area contributed by atoms with Gasteiger partial charge in [0.2, 0.25) is 5.91 Å². The van der Waals surface area contributed by atoms with Gasteiger partial charge in [0.1, 0.15) is 11.6 Å². The maximum atomic E-state index is 13.0. The maximum absolute atomic E-state index is 13.0. The molecule has 1 atom stereocenters. The normalized spacial score (nSPS) is 18.3. The molecule has 11 heteroatoms. The molecule has 230 valence electrons. The molecule has 2 aliphatic rings. The summed E-state index contributed by atoms with van der Waals surface area (Å²) in [6.07, 6.45) is 0.970. The fourth-order valence-electron chi connectivity index (χ4n) is 5.68. The fourth-order valence-corrected chi connectivity index (χ4v) is 5.68. The topological polar surface area (TPSA) is 81.8 Å². The monoisotopic (exact) mass is 596 g/mol. The van der Waals surface area contributed by atoms with Gasteiger partial charge < -0.3 is 30.5 Å². The van der Waals surface area contributed by atoms with E-state index in [9.17, 15) is 18.0 Å². The van der Waals surface area contributed by atoms with Crippen molar-refractivity contribution in [1.82, 2.24) is 15.2 Å². The number of hydrogen-bond donors (Lipinski definition) is 3. The first kappa shape index (κ1) is 30.5. The number of pyridine rings is 1. The Morgan fingerprint density at radius 2 is 1.79 bits per heavy atom. The molecule has 3 heterocycles. The minimum Gasteiger partial charge on any atom is -0.406 e. The highest BCUT2D eigenvalue weighted by Crippen LogP contribution is 2.28. The Morgan fingerprint density at radius 1 is 1.02 bits per heavy atom. The molecule has 43 heavy (non-hydrogen) atoms. The van der Waals surface area contributed by atoms with Gasteiger partial charge in [-0.1, -0.05) is 12.1 Å². The van der Waals surface area contributed by atoms with E-state index in [1.165, 1.54) is 29.8 Å². The zero-order valence-electron chi connectivity index (χ0n) is 24.6. The number of carbonyl (C=O) groups excluding carboxylic acids is 1. The van der Waals surface area contributed by atoms with E-state index in [4.69, 9.17) is 0 Å². The predicted octanol–water partition coefficient (Wildman–Crippen LogP) is 6.07. The molecular formula is C32H39F3N6O2. The van der Waals surface area contributed by atoms with Crippen molar-refractivity contribution < 1.29 is 22.7 Å². The molecule has 0 radical (unpaired) electrons. The average molecular weight is 597 g/mol. The van der Waals surface area contributed by atoms with Crippen molar-refractivity contribution in [1.29, 1.82) is 0 Å². The smallest absolute Gasteiger partial charge is 0.406 e. The van der Waals surface area contributed by atoms with Crippen molar-refractivity contribution in [2.45, 2.75) is 51.6 Å². The minimum atomic E-state index is -4.73. The van der Waals surface area contributed by atoms with E-state index in [1.54, 1.807) is 6.20 Å². The SMILES string of the molecule is Cc1cc(Nc2cc(N3CCC[C@@H](C(=O)NCc4ccc(OC(F)(F)F)cc4)C3)ccn2)ccc1NC1CCN(C)CC1. The molecule has 0 spiro atoms. The average Bonchev–Trinajstić information content (AvgIpc) is 2.98. The largest absolute Gasteiger partial charge is 0.573 e. The number of benzene rings is 2. The van der Waals surface area contributed by atoms with Gasteiger partial charge in [-0.05, 0) is 100 Å². The second-order valence-electron chi connectivity index (χ2n) is 11.5. The van der Waals surface area contributed by atoms with Gasteiger partial charge in [0, 0.05) is 55.0 Å². The quantitative estimate of drug-likeness (QED) is 0.277. The van der Waals surface area contributed by atoms with Gasteiger partial charge >= 0.3 is 6.36 Å².